The highest BCUT2D eigenvalue weighted by Gasteiger charge is 2.30. The van der Waals surface area contributed by atoms with Gasteiger partial charge in [0, 0.05) is 36.4 Å². The van der Waals surface area contributed by atoms with Crippen LogP contribution in [-0.4, -0.2) is 37.9 Å². The predicted molar refractivity (Wildman–Crippen MR) is 104 cm³/mol. The maximum Gasteiger partial charge on any atom is 0.218 e. The molecular formula is C19H29N3O2S. The molecule has 1 heterocycles. The fourth-order valence-electron chi connectivity index (χ4n) is 3.86. The summed E-state index contributed by atoms with van der Waals surface area (Å²) in [6.07, 6.45) is 6.73. The molecule has 0 bridgehead atoms. The lowest BCUT2D eigenvalue weighted by Crippen LogP contribution is -2.55. The van der Waals surface area contributed by atoms with Crippen LogP contribution in [0.15, 0.2) is 24.3 Å². The molecule has 0 aromatic heterocycles. The van der Waals surface area contributed by atoms with E-state index < -0.39 is 10.0 Å². The SMILES string of the molecule is CC1CN(S(=O)(=O)Cc2ccc(N)c(C3=CCCCC3)c2)CC(C)N1. The third-order valence-corrected chi connectivity index (χ3v) is 6.80. The molecule has 2 atom stereocenters. The summed E-state index contributed by atoms with van der Waals surface area (Å²) in [5.41, 5.74) is 9.97. The second-order valence-electron chi connectivity index (χ2n) is 7.44. The van der Waals surface area contributed by atoms with Crippen molar-refractivity contribution in [3.05, 3.63) is 35.4 Å². The average molecular weight is 364 g/mol. The van der Waals surface area contributed by atoms with E-state index in [0.29, 0.717) is 13.1 Å². The number of piperazine rings is 1. The van der Waals surface area contributed by atoms with Crippen LogP contribution in [0, 0.1) is 0 Å². The Balaban J connectivity index is 1.81. The minimum absolute atomic E-state index is 0.0347. The van der Waals surface area contributed by atoms with Crippen molar-refractivity contribution in [2.24, 2.45) is 0 Å². The van der Waals surface area contributed by atoms with E-state index in [4.69, 9.17) is 5.73 Å². The fourth-order valence-corrected chi connectivity index (χ4v) is 5.54. The zero-order chi connectivity index (χ0) is 18.0. The molecule has 5 nitrogen and oxygen atoms in total. The van der Waals surface area contributed by atoms with Crippen molar-refractivity contribution < 1.29 is 8.42 Å². The molecule has 0 saturated carbocycles. The number of nitrogens with zero attached hydrogens (tertiary/aromatic N) is 1. The molecule has 1 aromatic carbocycles. The number of hydrogen-bond acceptors (Lipinski definition) is 4. The van der Waals surface area contributed by atoms with Crippen LogP contribution in [0.1, 0.15) is 50.7 Å². The quantitative estimate of drug-likeness (QED) is 0.807. The highest BCUT2D eigenvalue weighted by Crippen LogP contribution is 2.31. The van der Waals surface area contributed by atoms with Gasteiger partial charge in [0.2, 0.25) is 10.0 Å². The molecule has 1 saturated heterocycles. The molecule has 3 N–H and O–H groups in total. The Kier molecular flexibility index (Phi) is 5.51. The average Bonchev–Trinajstić information content (AvgIpc) is 2.56. The molecule has 1 aromatic rings. The maximum atomic E-state index is 12.9. The van der Waals surface area contributed by atoms with Gasteiger partial charge in [-0.2, -0.15) is 4.31 Å². The smallest absolute Gasteiger partial charge is 0.218 e. The van der Waals surface area contributed by atoms with Crippen molar-refractivity contribution in [3.63, 3.8) is 0 Å². The fraction of sp³-hybridized carbons (Fsp3) is 0.579. The van der Waals surface area contributed by atoms with Gasteiger partial charge in [-0.25, -0.2) is 8.42 Å². The molecule has 1 aliphatic carbocycles. The first-order chi connectivity index (χ1) is 11.8. The monoisotopic (exact) mass is 363 g/mol. The van der Waals surface area contributed by atoms with Crippen LogP contribution >= 0.6 is 0 Å². The Morgan fingerprint density at radius 2 is 1.92 bits per heavy atom. The van der Waals surface area contributed by atoms with Crippen molar-refractivity contribution in [1.29, 1.82) is 0 Å². The third-order valence-electron chi connectivity index (χ3n) is 5.02. The number of rotatable bonds is 4. The Morgan fingerprint density at radius 3 is 2.56 bits per heavy atom. The van der Waals surface area contributed by atoms with Crippen LogP contribution in [-0.2, 0) is 15.8 Å². The molecule has 1 fully saturated rings. The lowest BCUT2D eigenvalue weighted by atomic mass is 9.92. The number of nitrogens with one attached hydrogen (secondary N) is 1. The largest absolute Gasteiger partial charge is 0.398 e. The summed E-state index contributed by atoms with van der Waals surface area (Å²) in [5, 5.41) is 3.37. The molecule has 2 aliphatic rings. The zero-order valence-corrected chi connectivity index (χ0v) is 16.0. The van der Waals surface area contributed by atoms with E-state index >= 15 is 0 Å². The minimum Gasteiger partial charge on any atom is -0.398 e. The maximum absolute atomic E-state index is 12.9. The van der Waals surface area contributed by atoms with Gasteiger partial charge < -0.3 is 11.1 Å². The van der Waals surface area contributed by atoms with Gasteiger partial charge in [-0.3, -0.25) is 0 Å². The Labute approximate surface area is 151 Å². The molecule has 3 rings (SSSR count). The van der Waals surface area contributed by atoms with E-state index in [2.05, 4.69) is 11.4 Å². The summed E-state index contributed by atoms with van der Waals surface area (Å²) in [6, 6.07) is 6.01. The highest BCUT2D eigenvalue weighted by atomic mass is 32.2. The van der Waals surface area contributed by atoms with Crippen molar-refractivity contribution in [2.75, 3.05) is 18.8 Å². The van der Waals surface area contributed by atoms with E-state index in [-0.39, 0.29) is 17.8 Å². The van der Waals surface area contributed by atoms with Gasteiger partial charge in [0.25, 0.3) is 0 Å². The van der Waals surface area contributed by atoms with E-state index in [1.54, 1.807) is 4.31 Å². The standard InChI is InChI=1S/C19H29N3O2S/c1-14-11-22(12-15(2)21-14)25(23,24)13-16-8-9-19(20)18(10-16)17-6-4-3-5-7-17/h6,8-10,14-15,21H,3-5,7,11-13,20H2,1-2H3. The van der Waals surface area contributed by atoms with Gasteiger partial charge in [0.1, 0.15) is 0 Å². The van der Waals surface area contributed by atoms with Crippen LogP contribution in [0.3, 0.4) is 0 Å². The third kappa shape index (κ3) is 4.43. The topological polar surface area (TPSA) is 75.4 Å². The summed E-state index contributed by atoms with van der Waals surface area (Å²) in [4.78, 5) is 0. The second-order valence-corrected chi connectivity index (χ2v) is 9.41. The van der Waals surface area contributed by atoms with Crippen molar-refractivity contribution >= 4 is 21.3 Å². The van der Waals surface area contributed by atoms with Crippen molar-refractivity contribution in [3.8, 4) is 0 Å². The van der Waals surface area contributed by atoms with Crippen LogP contribution in [0.2, 0.25) is 0 Å². The van der Waals surface area contributed by atoms with Gasteiger partial charge >= 0.3 is 0 Å². The first-order valence-electron chi connectivity index (χ1n) is 9.17. The number of anilines is 1. The number of nitrogens with two attached hydrogens (primary N) is 1. The number of sulfonamides is 1. The predicted octanol–water partition coefficient (Wildman–Crippen LogP) is 2.74. The van der Waals surface area contributed by atoms with E-state index in [0.717, 1.165) is 29.7 Å². The summed E-state index contributed by atoms with van der Waals surface area (Å²) in [7, 11) is -3.33. The summed E-state index contributed by atoms with van der Waals surface area (Å²) < 4.78 is 27.4. The zero-order valence-electron chi connectivity index (χ0n) is 15.2. The van der Waals surface area contributed by atoms with Gasteiger partial charge in [-0.15, -0.1) is 0 Å². The molecule has 1 aliphatic heterocycles. The van der Waals surface area contributed by atoms with Crippen molar-refractivity contribution in [2.45, 2.75) is 57.4 Å². The Bertz CT molecular complexity index is 748. The van der Waals surface area contributed by atoms with E-state index in [9.17, 15) is 8.42 Å². The number of hydrogen-bond donors (Lipinski definition) is 2. The molecule has 6 heteroatoms. The van der Waals surface area contributed by atoms with Gasteiger partial charge in [-0.1, -0.05) is 12.1 Å². The summed E-state index contributed by atoms with van der Waals surface area (Å²) in [5.74, 6) is 0.0347. The minimum atomic E-state index is -3.33. The number of nitrogen functional groups attached to an aromatic ring is 1. The van der Waals surface area contributed by atoms with Crippen LogP contribution in [0.25, 0.3) is 5.57 Å². The molecular weight excluding hydrogens is 334 g/mol. The van der Waals surface area contributed by atoms with Gasteiger partial charge in [0.05, 0.1) is 5.75 Å². The molecule has 0 amide bonds. The molecule has 2 unspecified atom stereocenters. The first kappa shape index (κ1) is 18.4. The van der Waals surface area contributed by atoms with Crippen LogP contribution < -0.4 is 11.1 Å². The first-order valence-corrected chi connectivity index (χ1v) is 10.8. The summed E-state index contributed by atoms with van der Waals surface area (Å²) >= 11 is 0. The number of allylic oxidation sites excluding steroid dienone is 2. The Hall–Kier alpha value is -1.37. The van der Waals surface area contributed by atoms with Gasteiger partial charge in [-0.05, 0) is 62.8 Å². The normalized spacial score (nSPS) is 25.6. The lowest BCUT2D eigenvalue weighted by Gasteiger charge is -2.35. The van der Waals surface area contributed by atoms with Crippen molar-refractivity contribution in [1.82, 2.24) is 9.62 Å². The highest BCUT2D eigenvalue weighted by molar-refractivity contribution is 7.88. The molecule has 25 heavy (non-hydrogen) atoms. The number of benzene rings is 1. The summed E-state index contributed by atoms with van der Waals surface area (Å²) in [6.45, 7) is 5.10. The lowest BCUT2D eigenvalue weighted by molar-refractivity contribution is 0.262. The Morgan fingerprint density at radius 1 is 1.20 bits per heavy atom. The van der Waals surface area contributed by atoms with Gasteiger partial charge in [0.15, 0.2) is 0 Å². The second kappa shape index (κ2) is 7.48. The molecule has 0 spiro atoms. The van der Waals surface area contributed by atoms with Crippen LogP contribution in [0.5, 0.6) is 0 Å². The molecule has 138 valence electrons. The molecule has 0 radical (unpaired) electrons. The van der Waals surface area contributed by atoms with E-state index in [1.165, 1.54) is 18.4 Å². The van der Waals surface area contributed by atoms with Crippen LogP contribution in [0.4, 0.5) is 5.69 Å². The van der Waals surface area contributed by atoms with E-state index in [1.807, 2.05) is 32.0 Å².